The van der Waals surface area contributed by atoms with E-state index in [2.05, 4.69) is 31.4 Å². The van der Waals surface area contributed by atoms with Gasteiger partial charge in [0.2, 0.25) is 5.75 Å². The van der Waals surface area contributed by atoms with Gasteiger partial charge in [-0.2, -0.15) is 5.10 Å². The summed E-state index contributed by atoms with van der Waals surface area (Å²) >= 11 is 3.32. The Balaban J connectivity index is 2.33. The minimum atomic E-state index is -0.356. The highest BCUT2D eigenvalue weighted by molar-refractivity contribution is 9.10. The number of anilines is 1. The first-order valence-corrected chi connectivity index (χ1v) is 7.13. The molecule has 0 unspecified atom stereocenters. The van der Waals surface area contributed by atoms with Crippen LogP contribution in [0.1, 0.15) is 16.2 Å². The summed E-state index contributed by atoms with van der Waals surface area (Å²) in [6, 6.07) is 3.29. The highest BCUT2D eigenvalue weighted by atomic mass is 79.9. The number of carbonyl (C=O) groups excluding carboxylic acids is 1. The second-order valence-electron chi connectivity index (χ2n) is 4.38. The highest BCUT2D eigenvalue weighted by Gasteiger charge is 2.18. The van der Waals surface area contributed by atoms with E-state index in [1.807, 2.05) is 6.92 Å². The Labute approximate surface area is 136 Å². The number of methoxy groups -OCH3 is 3. The largest absolute Gasteiger partial charge is 0.493 e. The average molecular weight is 370 g/mol. The first-order chi connectivity index (χ1) is 10.5. The van der Waals surface area contributed by atoms with Crippen molar-refractivity contribution in [3.8, 4) is 17.2 Å². The molecule has 0 fully saturated rings. The molecule has 1 heterocycles. The van der Waals surface area contributed by atoms with Crippen molar-refractivity contribution in [1.29, 1.82) is 0 Å². The van der Waals surface area contributed by atoms with E-state index in [1.165, 1.54) is 21.3 Å². The number of aromatic nitrogens is 2. The molecule has 7 nitrogen and oxygen atoms in total. The minimum Gasteiger partial charge on any atom is -0.493 e. The number of amides is 1. The van der Waals surface area contributed by atoms with Crippen LogP contribution in [0.2, 0.25) is 0 Å². The molecule has 2 N–H and O–H groups in total. The second kappa shape index (κ2) is 6.69. The van der Waals surface area contributed by atoms with Gasteiger partial charge in [-0.3, -0.25) is 9.89 Å². The van der Waals surface area contributed by atoms with Crippen LogP contribution in [0.4, 0.5) is 5.69 Å². The van der Waals surface area contributed by atoms with Crippen molar-refractivity contribution < 1.29 is 19.0 Å². The Morgan fingerprint density at radius 2 is 1.77 bits per heavy atom. The minimum absolute atomic E-state index is 0.270. The molecule has 0 bridgehead atoms. The molecule has 1 aromatic heterocycles. The normalized spacial score (nSPS) is 10.2. The summed E-state index contributed by atoms with van der Waals surface area (Å²) in [6.45, 7) is 1.81. The van der Waals surface area contributed by atoms with E-state index in [4.69, 9.17) is 14.2 Å². The van der Waals surface area contributed by atoms with Gasteiger partial charge in [0, 0.05) is 23.5 Å². The molecule has 8 heteroatoms. The summed E-state index contributed by atoms with van der Waals surface area (Å²) < 4.78 is 16.4. The van der Waals surface area contributed by atoms with Crippen LogP contribution in [0.25, 0.3) is 0 Å². The summed E-state index contributed by atoms with van der Waals surface area (Å²) in [6.07, 6.45) is 0. The molecule has 118 valence electrons. The van der Waals surface area contributed by atoms with Gasteiger partial charge < -0.3 is 19.5 Å². The van der Waals surface area contributed by atoms with Crippen LogP contribution in [-0.4, -0.2) is 37.4 Å². The molecule has 0 aliphatic heterocycles. The highest BCUT2D eigenvalue weighted by Crippen LogP contribution is 2.40. The summed E-state index contributed by atoms with van der Waals surface area (Å²) in [4.78, 5) is 12.3. The average Bonchev–Trinajstić information content (AvgIpc) is 2.85. The molecule has 0 spiro atoms. The number of benzene rings is 1. The van der Waals surface area contributed by atoms with Crippen LogP contribution in [0.3, 0.4) is 0 Å². The molecule has 1 aromatic carbocycles. The number of nitrogens with zero attached hydrogens (tertiary/aromatic N) is 1. The lowest BCUT2D eigenvalue weighted by Gasteiger charge is -2.14. The van der Waals surface area contributed by atoms with Crippen LogP contribution in [0.5, 0.6) is 17.2 Å². The van der Waals surface area contributed by atoms with Gasteiger partial charge in [0.1, 0.15) is 0 Å². The molecule has 0 saturated heterocycles. The van der Waals surface area contributed by atoms with Gasteiger partial charge in [-0.1, -0.05) is 0 Å². The third kappa shape index (κ3) is 3.01. The molecule has 0 aliphatic rings. The van der Waals surface area contributed by atoms with Crippen LogP contribution in [0.15, 0.2) is 16.6 Å². The number of rotatable bonds is 5. The molecule has 2 aromatic rings. The quantitative estimate of drug-likeness (QED) is 0.846. The standard InChI is InChI=1S/C14H16BrN3O4/c1-7-11(15)12(18-17-7)14(19)16-8-5-9(20-2)13(22-4)10(6-8)21-3/h5-6H,1-4H3,(H,16,19)(H,17,18). The van der Waals surface area contributed by atoms with Gasteiger partial charge in [-0.15, -0.1) is 0 Å². The van der Waals surface area contributed by atoms with Crippen LogP contribution in [-0.2, 0) is 0 Å². The SMILES string of the molecule is COc1cc(NC(=O)c2n[nH]c(C)c2Br)cc(OC)c1OC. The van der Waals surface area contributed by atoms with E-state index in [0.717, 1.165) is 5.69 Å². The second-order valence-corrected chi connectivity index (χ2v) is 5.17. The number of halogens is 1. The number of ether oxygens (including phenoxy) is 3. The van der Waals surface area contributed by atoms with Crippen LogP contribution < -0.4 is 19.5 Å². The van der Waals surface area contributed by atoms with Crippen molar-refractivity contribution >= 4 is 27.5 Å². The van der Waals surface area contributed by atoms with E-state index in [-0.39, 0.29) is 11.6 Å². The van der Waals surface area contributed by atoms with Gasteiger partial charge >= 0.3 is 0 Å². The zero-order chi connectivity index (χ0) is 16.3. The van der Waals surface area contributed by atoms with Crippen molar-refractivity contribution in [3.63, 3.8) is 0 Å². The third-order valence-electron chi connectivity index (χ3n) is 3.01. The summed E-state index contributed by atoms with van der Waals surface area (Å²) in [5.74, 6) is 1.01. The van der Waals surface area contributed by atoms with E-state index in [9.17, 15) is 4.79 Å². The number of aromatic amines is 1. The number of hydrogen-bond donors (Lipinski definition) is 2. The number of nitrogens with one attached hydrogen (secondary N) is 2. The molecule has 0 atom stereocenters. The zero-order valence-electron chi connectivity index (χ0n) is 12.6. The van der Waals surface area contributed by atoms with Crippen molar-refractivity contribution in [2.75, 3.05) is 26.6 Å². The fraction of sp³-hybridized carbons (Fsp3) is 0.286. The number of aryl methyl sites for hydroxylation is 1. The van der Waals surface area contributed by atoms with Crippen molar-refractivity contribution in [3.05, 3.63) is 28.0 Å². The zero-order valence-corrected chi connectivity index (χ0v) is 14.2. The number of carbonyl (C=O) groups is 1. The van der Waals surface area contributed by atoms with Gasteiger partial charge in [-0.05, 0) is 22.9 Å². The Kier molecular flexibility index (Phi) is 4.92. The number of hydrogen-bond acceptors (Lipinski definition) is 5. The van der Waals surface area contributed by atoms with E-state index in [1.54, 1.807) is 12.1 Å². The van der Waals surface area contributed by atoms with Crippen molar-refractivity contribution in [2.24, 2.45) is 0 Å². The van der Waals surface area contributed by atoms with Gasteiger partial charge in [-0.25, -0.2) is 0 Å². The summed E-state index contributed by atoms with van der Waals surface area (Å²) in [7, 11) is 4.54. The van der Waals surface area contributed by atoms with Crippen LogP contribution >= 0.6 is 15.9 Å². The van der Waals surface area contributed by atoms with Gasteiger partial charge in [0.15, 0.2) is 17.2 Å². The van der Waals surface area contributed by atoms with Gasteiger partial charge in [0.25, 0.3) is 5.91 Å². The molecule has 1 amide bonds. The maximum Gasteiger partial charge on any atom is 0.277 e. The molecule has 2 rings (SSSR count). The number of H-pyrrole nitrogens is 1. The Bertz CT molecular complexity index is 674. The maximum atomic E-state index is 12.3. The Morgan fingerprint density at radius 1 is 1.18 bits per heavy atom. The smallest absolute Gasteiger partial charge is 0.277 e. The maximum absolute atomic E-state index is 12.3. The molecule has 22 heavy (non-hydrogen) atoms. The topological polar surface area (TPSA) is 85.5 Å². The van der Waals surface area contributed by atoms with E-state index in [0.29, 0.717) is 27.4 Å². The van der Waals surface area contributed by atoms with Crippen LogP contribution in [0, 0.1) is 6.92 Å². The van der Waals surface area contributed by atoms with Gasteiger partial charge in [0.05, 0.1) is 25.8 Å². The lowest BCUT2D eigenvalue weighted by molar-refractivity contribution is 0.102. The predicted molar refractivity (Wildman–Crippen MR) is 85.1 cm³/mol. The summed E-state index contributed by atoms with van der Waals surface area (Å²) in [5.41, 5.74) is 1.55. The Hall–Kier alpha value is -2.22. The molecule has 0 aliphatic carbocycles. The first-order valence-electron chi connectivity index (χ1n) is 6.33. The van der Waals surface area contributed by atoms with Crippen molar-refractivity contribution in [2.45, 2.75) is 6.92 Å². The fourth-order valence-corrected chi connectivity index (χ4v) is 2.27. The molecule has 0 saturated carbocycles. The lowest BCUT2D eigenvalue weighted by atomic mass is 10.2. The summed E-state index contributed by atoms with van der Waals surface area (Å²) in [5, 5.41) is 9.45. The fourth-order valence-electron chi connectivity index (χ4n) is 1.91. The van der Waals surface area contributed by atoms with Crippen molar-refractivity contribution in [1.82, 2.24) is 10.2 Å². The first kappa shape index (κ1) is 16.2. The third-order valence-corrected chi connectivity index (χ3v) is 3.98. The molecule has 0 radical (unpaired) electrons. The van der Waals surface area contributed by atoms with E-state index >= 15 is 0 Å². The molecular weight excluding hydrogens is 354 g/mol. The lowest BCUT2D eigenvalue weighted by Crippen LogP contribution is -2.13. The monoisotopic (exact) mass is 369 g/mol. The Morgan fingerprint density at radius 3 is 2.18 bits per heavy atom. The predicted octanol–water partition coefficient (Wildman–Crippen LogP) is 2.76. The van der Waals surface area contributed by atoms with E-state index < -0.39 is 0 Å². The molecular formula is C14H16BrN3O4.